The molecular formula is C31H34N4O3. The second kappa shape index (κ2) is 13.4. The molecule has 1 aliphatic rings. The highest BCUT2D eigenvalue weighted by Crippen LogP contribution is 2.24. The summed E-state index contributed by atoms with van der Waals surface area (Å²) in [5.41, 5.74) is 10.2. The van der Waals surface area contributed by atoms with Crippen LogP contribution in [0.2, 0.25) is 0 Å². The lowest BCUT2D eigenvalue weighted by Crippen LogP contribution is -2.49. The molecule has 1 saturated heterocycles. The highest BCUT2D eigenvalue weighted by molar-refractivity contribution is 5.96. The number of amides is 3. The maximum Gasteiger partial charge on any atom is 0.245 e. The summed E-state index contributed by atoms with van der Waals surface area (Å²) in [4.78, 5) is 40.4. The molecule has 0 spiro atoms. The van der Waals surface area contributed by atoms with Crippen molar-refractivity contribution >= 4 is 29.0 Å². The van der Waals surface area contributed by atoms with Gasteiger partial charge in [0.25, 0.3) is 0 Å². The van der Waals surface area contributed by atoms with E-state index in [0.717, 1.165) is 35.1 Å². The zero-order chi connectivity index (χ0) is 26.7. The van der Waals surface area contributed by atoms with Gasteiger partial charge < -0.3 is 21.3 Å². The Labute approximate surface area is 223 Å². The zero-order valence-corrected chi connectivity index (χ0v) is 21.4. The first-order valence-corrected chi connectivity index (χ1v) is 13.0. The van der Waals surface area contributed by atoms with Crippen molar-refractivity contribution in [2.24, 2.45) is 5.73 Å². The summed E-state index contributed by atoms with van der Waals surface area (Å²) < 4.78 is 0. The minimum atomic E-state index is -0.649. The molecule has 4 rings (SSSR count). The Balaban J connectivity index is 1.39. The molecule has 3 aromatic rings. The molecule has 0 bridgehead atoms. The van der Waals surface area contributed by atoms with E-state index >= 15 is 0 Å². The summed E-state index contributed by atoms with van der Waals surface area (Å²) in [5, 5.41) is 5.76. The number of nitrogens with one attached hydrogen (secondary N) is 2. The quantitative estimate of drug-likeness (QED) is 0.403. The van der Waals surface area contributed by atoms with Crippen molar-refractivity contribution < 1.29 is 14.4 Å². The summed E-state index contributed by atoms with van der Waals surface area (Å²) in [6.45, 7) is 0.792. The lowest BCUT2D eigenvalue weighted by Gasteiger charge is -2.24. The molecule has 4 N–H and O–H groups in total. The average molecular weight is 511 g/mol. The Bertz CT molecular complexity index is 1230. The predicted molar refractivity (Wildman–Crippen MR) is 150 cm³/mol. The highest BCUT2D eigenvalue weighted by Gasteiger charge is 2.29. The van der Waals surface area contributed by atoms with Crippen LogP contribution in [0.15, 0.2) is 91.0 Å². The predicted octanol–water partition coefficient (Wildman–Crippen LogP) is 4.10. The van der Waals surface area contributed by atoms with E-state index in [1.165, 1.54) is 4.90 Å². The normalized spacial score (nSPS) is 15.3. The summed E-state index contributed by atoms with van der Waals surface area (Å²) in [6, 6.07) is 26.5. The molecule has 7 nitrogen and oxygen atoms in total. The number of benzene rings is 3. The van der Waals surface area contributed by atoms with E-state index in [0.29, 0.717) is 25.2 Å². The molecule has 196 valence electrons. The van der Waals surface area contributed by atoms with Gasteiger partial charge >= 0.3 is 0 Å². The minimum absolute atomic E-state index is 0.0654. The summed E-state index contributed by atoms with van der Waals surface area (Å²) in [5.74, 6) is -0.729. The van der Waals surface area contributed by atoms with Gasteiger partial charge in [-0.25, -0.2) is 0 Å². The molecule has 3 aromatic carbocycles. The molecule has 1 aliphatic heterocycles. The van der Waals surface area contributed by atoms with Crippen LogP contribution in [-0.4, -0.2) is 41.8 Å². The van der Waals surface area contributed by atoms with Gasteiger partial charge in [0.05, 0.1) is 6.54 Å². The number of hydrogen-bond donors (Lipinski definition) is 3. The largest absolute Gasteiger partial charge is 0.344 e. The lowest BCUT2D eigenvalue weighted by molar-refractivity contribution is -0.137. The van der Waals surface area contributed by atoms with Crippen LogP contribution in [0.5, 0.6) is 0 Å². The Morgan fingerprint density at radius 2 is 1.58 bits per heavy atom. The van der Waals surface area contributed by atoms with Crippen LogP contribution in [0.3, 0.4) is 0 Å². The zero-order valence-electron chi connectivity index (χ0n) is 21.4. The third-order valence-electron chi connectivity index (χ3n) is 6.56. The van der Waals surface area contributed by atoms with Crippen molar-refractivity contribution in [3.05, 3.63) is 108 Å². The van der Waals surface area contributed by atoms with Gasteiger partial charge in [0.1, 0.15) is 6.04 Å². The standard InChI is InChI=1S/C31H34N4O3/c32-21-23-10-9-15-26(20-23)33-30(37)22-35-19-8-7-16-28(31(35)38)34-29(36)18-17-27(24-11-3-1-4-12-24)25-13-5-2-6-14-25/h1-6,9-15,17,20,28H,7-8,16,18-19,21-22,32H2,(H,33,37)(H,34,36). The monoisotopic (exact) mass is 510 g/mol. The van der Waals surface area contributed by atoms with Gasteiger partial charge in [0.15, 0.2) is 0 Å². The molecule has 0 saturated carbocycles. The average Bonchev–Trinajstić information content (AvgIpc) is 3.11. The molecule has 1 atom stereocenters. The molecule has 1 fully saturated rings. The number of carbonyl (C=O) groups is 3. The fourth-order valence-corrected chi connectivity index (χ4v) is 4.63. The van der Waals surface area contributed by atoms with Crippen LogP contribution < -0.4 is 16.4 Å². The molecule has 1 heterocycles. The topological polar surface area (TPSA) is 105 Å². The molecule has 38 heavy (non-hydrogen) atoms. The van der Waals surface area contributed by atoms with Crippen molar-refractivity contribution in [2.45, 2.75) is 38.3 Å². The van der Waals surface area contributed by atoms with Crippen LogP contribution in [0.4, 0.5) is 5.69 Å². The number of hydrogen-bond acceptors (Lipinski definition) is 4. The Kier molecular flexibility index (Phi) is 9.43. The van der Waals surface area contributed by atoms with E-state index in [4.69, 9.17) is 5.73 Å². The lowest BCUT2D eigenvalue weighted by atomic mass is 9.97. The van der Waals surface area contributed by atoms with Crippen molar-refractivity contribution in [2.75, 3.05) is 18.4 Å². The fourth-order valence-electron chi connectivity index (χ4n) is 4.63. The van der Waals surface area contributed by atoms with Crippen LogP contribution in [0, 0.1) is 0 Å². The van der Waals surface area contributed by atoms with E-state index in [1.807, 2.05) is 84.9 Å². The fraction of sp³-hybridized carbons (Fsp3) is 0.258. The second-order valence-corrected chi connectivity index (χ2v) is 9.38. The number of nitrogens with two attached hydrogens (primary N) is 1. The molecule has 0 aromatic heterocycles. The minimum Gasteiger partial charge on any atom is -0.344 e. The number of nitrogens with zero attached hydrogens (tertiary/aromatic N) is 1. The second-order valence-electron chi connectivity index (χ2n) is 9.38. The third kappa shape index (κ3) is 7.40. The van der Waals surface area contributed by atoms with Crippen molar-refractivity contribution in [1.82, 2.24) is 10.2 Å². The van der Waals surface area contributed by atoms with E-state index in [9.17, 15) is 14.4 Å². The van der Waals surface area contributed by atoms with E-state index in [2.05, 4.69) is 10.6 Å². The van der Waals surface area contributed by atoms with Crippen LogP contribution in [-0.2, 0) is 20.9 Å². The first-order valence-electron chi connectivity index (χ1n) is 13.0. The maximum atomic E-state index is 13.2. The van der Waals surface area contributed by atoms with Crippen LogP contribution in [0.25, 0.3) is 5.57 Å². The Hall–Kier alpha value is -4.23. The summed E-state index contributed by atoms with van der Waals surface area (Å²) in [6.07, 6.45) is 4.17. The van der Waals surface area contributed by atoms with Gasteiger partial charge in [-0.3, -0.25) is 14.4 Å². The van der Waals surface area contributed by atoms with Crippen molar-refractivity contribution in [3.8, 4) is 0 Å². The Morgan fingerprint density at radius 3 is 2.24 bits per heavy atom. The van der Waals surface area contributed by atoms with Crippen LogP contribution >= 0.6 is 0 Å². The van der Waals surface area contributed by atoms with Gasteiger partial charge in [-0.2, -0.15) is 0 Å². The van der Waals surface area contributed by atoms with Crippen molar-refractivity contribution in [3.63, 3.8) is 0 Å². The highest BCUT2D eigenvalue weighted by atomic mass is 16.2. The number of anilines is 1. The molecular weight excluding hydrogens is 476 g/mol. The van der Waals surface area contributed by atoms with Crippen molar-refractivity contribution in [1.29, 1.82) is 0 Å². The summed E-state index contributed by atoms with van der Waals surface area (Å²) >= 11 is 0. The SMILES string of the molecule is NCc1cccc(NC(=O)CN2CCCCC(NC(=O)CC=C(c3ccccc3)c3ccccc3)C2=O)c1. The maximum absolute atomic E-state index is 13.2. The van der Waals surface area contributed by atoms with Gasteiger partial charge in [-0.1, -0.05) is 78.9 Å². The van der Waals surface area contributed by atoms with Gasteiger partial charge in [-0.05, 0) is 53.7 Å². The number of likely N-dealkylation sites (tertiary alicyclic amines) is 1. The first-order chi connectivity index (χ1) is 18.5. The summed E-state index contributed by atoms with van der Waals surface area (Å²) in [7, 11) is 0. The van der Waals surface area contributed by atoms with Crippen LogP contribution in [0.1, 0.15) is 42.4 Å². The Morgan fingerprint density at radius 1 is 0.895 bits per heavy atom. The first kappa shape index (κ1) is 26.8. The van der Waals surface area contributed by atoms with E-state index in [-0.39, 0.29) is 30.7 Å². The molecule has 7 heteroatoms. The molecule has 3 amide bonds. The number of carbonyl (C=O) groups excluding carboxylic acids is 3. The molecule has 0 radical (unpaired) electrons. The van der Waals surface area contributed by atoms with Gasteiger partial charge in [0, 0.05) is 25.2 Å². The number of rotatable bonds is 9. The van der Waals surface area contributed by atoms with E-state index < -0.39 is 6.04 Å². The molecule has 1 unspecified atom stereocenters. The smallest absolute Gasteiger partial charge is 0.245 e. The van der Waals surface area contributed by atoms with Gasteiger partial charge in [-0.15, -0.1) is 0 Å². The third-order valence-corrected chi connectivity index (χ3v) is 6.56. The van der Waals surface area contributed by atoms with E-state index in [1.54, 1.807) is 6.07 Å². The van der Waals surface area contributed by atoms with Gasteiger partial charge in [0.2, 0.25) is 17.7 Å². The molecule has 0 aliphatic carbocycles.